The van der Waals surface area contributed by atoms with Crippen molar-refractivity contribution in [3.05, 3.63) is 116 Å². The van der Waals surface area contributed by atoms with Crippen molar-refractivity contribution in [1.82, 2.24) is 10.4 Å². The van der Waals surface area contributed by atoms with Crippen LogP contribution < -0.4 is 14.9 Å². The average molecular weight is 661 g/mol. The number of halogens is 2. The summed E-state index contributed by atoms with van der Waals surface area (Å²) in [6.45, 7) is 1.94. The number of carbonyl (C=O) groups is 2. The molecule has 0 radical (unpaired) electrons. The maximum Gasteiger partial charge on any atom is 0.343 e. The van der Waals surface area contributed by atoms with Crippen LogP contribution in [0.3, 0.4) is 0 Å². The molecule has 0 spiro atoms. The van der Waals surface area contributed by atoms with Crippen molar-refractivity contribution in [2.45, 2.75) is 6.92 Å². The average Bonchev–Trinajstić information content (AvgIpc) is 3.35. The van der Waals surface area contributed by atoms with Crippen LogP contribution in [-0.4, -0.2) is 30.2 Å². The molecule has 0 atom stereocenters. The molecule has 7 nitrogen and oxygen atoms in total. The third kappa shape index (κ3) is 5.71. The number of aromatic nitrogens is 1. The second kappa shape index (κ2) is 11.9. The molecule has 40 heavy (non-hydrogen) atoms. The van der Waals surface area contributed by atoms with E-state index in [1.807, 2.05) is 67.6 Å². The lowest BCUT2D eigenvalue weighted by Gasteiger charge is -2.11. The molecule has 1 amide bonds. The number of hydrogen-bond acceptors (Lipinski definition) is 5. The molecule has 1 aromatic heterocycles. The number of benzene rings is 4. The number of hydrazone groups is 1. The van der Waals surface area contributed by atoms with Crippen LogP contribution in [-0.2, 0) is 0 Å². The fourth-order valence-corrected chi connectivity index (χ4v) is 5.62. The number of aromatic amines is 1. The predicted molar refractivity (Wildman–Crippen MR) is 163 cm³/mol. The third-order valence-corrected chi connectivity index (χ3v) is 7.24. The number of esters is 1. The summed E-state index contributed by atoms with van der Waals surface area (Å²) in [6.07, 6.45) is 1.43. The first-order valence-electron chi connectivity index (χ1n) is 12.2. The Bertz CT molecular complexity index is 1750. The number of carbonyl (C=O) groups excluding carboxylic acids is 2. The van der Waals surface area contributed by atoms with Gasteiger partial charge >= 0.3 is 5.97 Å². The zero-order valence-corrected chi connectivity index (χ0v) is 24.7. The molecular formula is C31H23Br2N3O4. The molecule has 9 heteroatoms. The van der Waals surface area contributed by atoms with Gasteiger partial charge in [0, 0.05) is 21.0 Å². The van der Waals surface area contributed by atoms with Gasteiger partial charge in [0.15, 0.2) is 5.75 Å². The van der Waals surface area contributed by atoms with Crippen molar-refractivity contribution in [2.24, 2.45) is 5.10 Å². The topological polar surface area (TPSA) is 92.8 Å². The monoisotopic (exact) mass is 659 g/mol. The highest BCUT2D eigenvalue weighted by Gasteiger charge is 2.21. The number of ether oxygens (including phenoxy) is 2. The minimum absolute atomic E-state index is 0.270. The molecule has 0 aliphatic carbocycles. The molecule has 0 saturated heterocycles. The minimum atomic E-state index is -0.513. The SMILES string of the molecule is COc1cccc2c(-c3ccccc3)c(C(=O)NN=Cc3cc(Br)cc(Br)c3OC(=O)c3ccc(C)cc3)[nH]c12. The van der Waals surface area contributed by atoms with Crippen molar-refractivity contribution in [1.29, 1.82) is 0 Å². The Labute approximate surface area is 247 Å². The maximum absolute atomic E-state index is 13.4. The number of fused-ring (bicyclic) bond motifs is 1. The Morgan fingerprint density at radius 1 is 0.950 bits per heavy atom. The van der Waals surface area contributed by atoms with E-state index in [2.05, 4.69) is 47.4 Å². The summed E-state index contributed by atoms with van der Waals surface area (Å²) >= 11 is 6.92. The first-order valence-corrected chi connectivity index (χ1v) is 13.8. The van der Waals surface area contributed by atoms with Crippen LogP contribution >= 0.6 is 31.9 Å². The smallest absolute Gasteiger partial charge is 0.343 e. The van der Waals surface area contributed by atoms with Gasteiger partial charge in [-0.1, -0.05) is 76.1 Å². The van der Waals surface area contributed by atoms with Crippen LogP contribution in [0, 0.1) is 6.92 Å². The first kappa shape index (κ1) is 27.4. The molecule has 0 saturated carbocycles. The molecule has 0 bridgehead atoms. The van der Waals surface area contributed by atoms with Gasteiger partial charge in [0.25, 0.3) is 5.91 Å². The molecule has 4 aromatic carbocycles. The highest BCUT2D eigenvalue weighted by molar-refractivity contribution is 9.11. The van der Waals surface area contributed by atoms with Crippen molar-refractivity contribution in [3.8, 4) is 22.6 Å². The van der Waals surface area contributed by atoms with Gasteiger partial charge in [-0.3, -0.25) is 4.79 Å². The molecular weight excluding hydrogens is 638 g/mol. The van der Waals surface area contributed by atoms with Crippen molar-refractivity contribution in [2.75, 3.05) is 7.11 Å². The van der Waals surface area contributed by atoms with Crippen LogP contribution in [0.25, 0.3) is 22.0 Å². The number of amides is 1. The molecule has 0 unspecified atom stereocenters. The summed E-state index contributed by atoms with van der Waals surface area (Å²) in [5.41, 5.74) is 7.18. The molecule has 5 rings (SSSR count). The van der Waals surface area contributed by atoms with Crippen LogP contribution in [0.4, 0.5) is 0 Å². The largest absolute Gasteiger partial charge is 0.495 e. The second-order valence-corrected chi connectivity index (χ2v) is 10.7. The summed E-state index contributed by atoms with van der Waals surface area (Å²) in [5.74, 6) is -0.0646. The molecule has 0 aliphatic rings. The van der Waals surface area contributed by atoms with Gasteiger partial charge in [0.2, 0.25) is 0 Å². The van der Waals surface area contributed by atoms with Crippen molar-refractivity contribution in [3.63, 3.8) is 0 Å². The number of aryl methyl sites for hydroxylation is 1. The first-order chi connectivity index (χ1) is 19.4. The minimum Gasteiger partial charge on any atom is -0.495 e. The van der Waals surface area contributed by atoms with E-state index in [1.54, 1.807) is 31.4 Å². The van der Waals surface area contributed by atoms with E-state index >= 15 is 0 Å². The van der Waals surface area contributed by atoms with E-state index < -0.39 is 11.9 Å². The number of hydrogen-bond donors (Lipinski definition) is 2. The standard InChI is InChI=1S/C31H23Br2N3O4/c1-18-11-13-20(14-12-18)31(38)40-29-21(15-22(32)16-24(29)33)17-34-36-30(37)28-26(19-7-4-3-5-8-19)23-9-6-10-25(39-2)27(23)35-28/h3-17,35H,1-2H3,(H,36,37). The Hall–Kier alpha value is -4.21. The predicted octanol–water partition coefficient (Wildman–Crippen LogP) is 7.66. The fourth-order valence-electron chi connectivity index (χ4n) is 4.28. The Balaban J connectivity index is 1.45. The zero-order chi connectivity index (χ0) is 28.2. The lowest BCUT2D eigenvalue weighted by atomic mass is 10.0. The maximum atomic E-state index is 13.4. The highest BCUT2D eigenvalue weighted by Crippen LogP contribution is 2.37. The molecule has 0 fully saturated rings. The van der Waals surface area contributed by atoms with E-state index in [4.69, 9.17) is 9.47 Å². The molecule has 200 valence electrons. The van der Waals surface area contributed by atoms with Gasteiger partial charge in [-0.2, -0.15) is 5.10 Å². The van der Waals surface area contributed by atoms with Gasteiger partial charge in [-0.05, 0) is 58.7 Å². The van der Waals surface area contributed by atoms with E-state index in [-0.39, 0.29) is 5.75 Å². The summed E-state index contributed by atoms with van der Waals surface area (Å²) in [5, 5.41) is 5.04. The normalized spacial score (nSPS) is 11.1. The fraction of sp³-hybridized carbons (Fsp3) is 0.0645. The van der Waals surface area contributed by atoms with Crippen LogP contribution in [0.2, 0.25) is 0 Å². The van der Waals surface area contributed by atoms with Crippen LogP contribution in [0.1, 0.15) is 32.0 Å². The number of para-hydroxylation sites is 1. The van der Waals surface area contributed by atoms with E-state index in [0.29, 0.717) is 32.6 Å². The van der Waals surface area contributed by atoms with Gasteiger partial charge in [0.05, 0.1) is 28.9 Å². The summed E-state index contributed by atoms with van der Waals surface area (Å²) in [7, 11) is 1.58. The van der Waals surface area contributed by atoms with E-state index in [0.717, 1.165) is 26.5 Å². The Morgan fingerprint density at radius 2 is 1.70 bits per heavy atom. The van der Waals surface area contributed by atoms with Crippen LogP contribution in [0.5, 0.6) is 11.5 Å². The van der Waals surface area contributed by atoms with Gasteiger partial charge in [0.1, 0.15) is 11.4 Å². The van der Waals surface area contributed by atoms with E-state index in [1.165, 1.54) is 6.21 Å². The summed E-state index contributed by atoms with van der Waals surface area (Å²) in [6, 6.07) is 25.9. The number of methoxy groups -OCH3 is 1. The molecule has 0 aliphatic heterocycles. The van der Waals surface area contributed by atoms with Gasteiger partial charge in [-0.25, -0.2) is 10.2 Å². The Kier molecular flexibility index (Phi) is 8.14. The molecule has 1 heterocycles. The van der Waals surface area contributed by atoms with Crippen molar-refractivity contribution >= 4 is 60.9 Å². The van der Waals surface area contributed by atoms with Crippen LogP contribution in [0.15, 0.2) is 99.0 Å². The second-order valence-electron chi connectivity index (χ2n) is 8.88. The summed E-state index contributed by atoms with van der Waals surface area (Å²) < 4.78 is 12.5. The molecule has 5 aromatic rings. The number of nitrogens with one attached hydrogen (secondary N) is 2. The lowest BCUT2D eigenvalue weighted by molar-refractivity contribution is 0.0733. The van der Waals surface area contributed by atoms with Gasteiger partial charge in [-0.15, -0.1) is 0 Å². The Morgan fingerprint density at radius 3 is 2.42 bits per heavy atom. The lowest BCUT2D eigenvalue weighted by Crippen LogP contribution is -2.19. The summed E-state index contributed by atoms with van der Waals surface area (Å²) in [4.78, 5) is 29.4. The number of nitrogens with zero attached hydrogens (tertiary/aromatic N) is 1. The third-order valence-electron chi connectivity index (χ3n) is 6.19. The van der Waals surface area contributed by atoms with Crippen molar-refractivity contribution < 1.29 is 19.1 Å². The quantitative estimate of drug-likeness (QED) is 0.0811. The number of rotatable bonds is 7. The molecule has 2 N–H and O–H groups in total. The number of H-pyrrole nitrogens is 1. The van der Waals surface area contributed by atoms with Gasteiger partial charge < -0.3 is 14.5 Å². The zero-order valence-electron chi connectivity index (χ0n) is 21.5. The highest BCUT2D eigenvalue weighted by atomic mass is 79.9. The van der Waals surface area contributed by atoms with E-state index in [9.17, 15) is 9.59 Å².